The van der Waals surface area contributed by atoms with E-state index in [9.17, 15) is 4.79 Å². The summed E-state index contributed by atoms with van der Waals surface area (Å²) in [5, 5.41) is 3.07. The van der Waals surface area contributed by atoms with Crippen molar-refractivity contribution >= 4 is 5.91 Å². The molecule has 1 aliphatic heterocycles. The molecule has 0 aromatic carbocycles. The molecule has 0 saturated carbocycles. The third-order valence-corrected chi connectivity index (χ3v) is 2.77. The van der Waals surface area contributed by atoms with Gasteiger partial charge < -0.3 is 15.0 Å². The number of amides is 1. The summed E-state index contributed by atoms with van der Waals surface area (Å²) in [6.07, 6.45) is 3.86. The highest BCUT2D eigenvalue weighted by Crippen LogP contribution is 2.15. The Bertz CT molecular complexity index is 191. The molecule has 1 amide bonds. The second-order valence-electron chi connectivity index (χ2n) is 4.11. The van der Waals surface area contributed by atoms with Gasteiger partial charge in [-0.25, -0.2) is 0 Å². The number of carbonyl (C=O) groups excluding carboxylic acids is 1. The van der Waals surface area contributed by atoms with Crippen LogP contribution in [0.4, 0.5) is 0 Å². The molecule has 0 aliphatic carbocycles. The molecule has 0 aromatic rings. The molecule has 4 heteroatoms. The maximum Gasteiger partial charge on any atom is 0.224 e. The first kappa shape index (κ1) is 12.5. The normalized spacial score (nSPS) is 20.5. The molecule has 15 heavy (non-hydrogen) atoms. The lowest BCUT2D eigenvalue weighted by atomic mass is 10.1. The number of hydrogen-bond donors (Lipinski definition) is 1. The van der Waals surface area contributed by atoms with Gasteiger partial charge >= 0.3 is 0 Å². The molecule has 1 aliphatic rings. The zero-order valence-corrected chi connectivity index (χ0v) is 9.79. The predicted octanol–water partition coefficient (Wildman–Crippen LogP) is 0.623. The van der Waals surface area contributed by atoms with E-state index >= 15 is 0 Å². The Hall–Kier alpha value is -0.610. The van der Waals surface area contributed by atoms with Crippen LogP contribution in [0.3, 0.4) is 0 Å². The standard InChI is InChI=1S/C11H22N2O2/c1-12-6-4-7-13(2)11(14)9-10-5-3-8-15-10/h10,12H,3-9H2,1-2H3. The molecule has 0 aromatic heterocycles. The van der Waals surface area contributed by atoms with Crippen LogP contribution in [-0.4, -0.2) is 50.7 Å². The van der Waals surface area contributed by atoms with Gasteiger partial charge in [-0.3, -0.25) is 4.79 Å². The molecule has 1 unspecified atom stereocenters. The van der Waals surface area contributed by atoms with Gasteiger partial charge in [0.25, 0.3) is 0 Å². The first-order valence-electron chi connectivity index (χ1n) is 5.74. The fourth-order valence-electron chi connectivity index (χ4n) is 1.77. The molecule has 88 valence electrons. The molecule has 1 saturated heterocycles. The third-order valence-electron chi connectivity index (χ3n) is 2.77. The minimum Gasteiger partial charge on any atom is -0.378 e. The Morgan fingerprint density at radius 1 is 1.60 bits per heavy atom. The number of hydrogen-bond acceptors (Lipinski definition) is 3. The Kier molecular flexibility index (Phi) is 5.65. The Balaban J connectivity index is 2.14. The highest BCUT2D eigenvalue weighted by molar-refractivity contribution is 5.76. The van der Waals surface area contributed by atoms with Gasteiger partial charge in [-0.1, -0.05) is 0 Å². The van der Waals surface area contributed by atoms with Crippen LogP contribution in [0, 0.1) is 0 Å². The average molecular weight is 214 g/mol. The topological polar surface area (TPSA) is 41.6 Å². The van der Waals surface area contributed by atoms with E-state index in [1.165, 1.54) is 0 Å². The van der Waals surface area contributed by atoms with Gasteiger partial charge in [0.15, 0.2) is 0 Å². The van der Waals surface area contributed by atoms with E-state index in [-0.39, 0.29) is 12.0 Å². The highest BCUT2D eigenvalue weighted by Gasteiger charge is 2.20. The summed E-state index contributed by atoms with van der Waals surface area (Å²) < 4.78 is 5.44. The van der Waals surface area contributed by atoms with E-state index in [1.54, 1.807) is 4.90 Å². The van der Waals surface area contributed by atoms with Crippen molar-refractivity contribution in [3.05, 3.63) is 0 Å². The molecule has 1 heterocycles. The molecule has 1 fully saturated rings. The van der Waals surface area contributed by atoms with Crippen LogP contribution in [0.5, 0.6) is 0 Å². The van der Waals surface area contributed by atoms with Crippen molar-refractivity contribution in [2.75, 3.05) is 33.8 Å². The Labute approximate surface area is 92.0 Å². The van der Waals surface area contributed by atoms with Crippen molar-refractivity contribution in [3.63, 3.8) is 0 Å². The van der Waals surface area contributed by atoms with Crippen LogP contribution in [-0.2, 0) is 9.53 Å². The van der Waals surface area contributed by atoms with Gasteiger partial charge in [0.05, 0.1) is 12.5 Å². The van der Waals surface area contributed by atoms with Crippen LogP contribution in [0.1, 0.15) is 25.7 Å². The number of rotatable bonds is 6. The molecular formula is C11H22N2O2. The maximum absolute atomic E-state index is 11.7. The highest BCUT2D eigenvalue weighted by atomic mass is 16.5. The second kappa shape index (κ2) is 6.80. The molecule has 0 radical (unpaired) electrons. The monoisotopic (exact) mass is 214 g/mol. The molecule has 1 N–H and O–H groups in total. The minimum atomic E-state index is 0.171. The van der Waals surface area contributed by atoms with Crippen LogP contribution in [0.2, 0.25) is 0 Å². The summed E-state index contributed by atoms with van der Waals surface area (Å²) in [6.45, 7) is 2.60. The smallest absolute Gasteiger partial charge is 0.224 e. The lowest BCUT2D eigenvalue weighted by Gasteiger charge is -2.18. The fraction of sp³-hybridized carbons (Fsp3) is 0.909. The number of nitrogens with one attached hydrogen (secondary N) is 1. The van der Waals surface area contributed by atoms with Crippen LogP contribution < -0.4 is 5.32 Å². The summed E-state index contributed by atoms with van der Waals surface area (Å²) in [6, 6.07) is 0. The van der Waals surface area contributed by atoms with Gasteiger partial charge in [-0.05, 0) is 32.9 Å². The summed E-state index contributed by atoms with van der Waals surface area (Å²) in [5.41, 5.74) is 0. The summed E-state index contributed by atoms with van der Waals surface area (Å²) in [5.74, 6) is 0.206. The van der Waals surface area contributed by atoms with E-state index in [0.717, 1.165) is 39.0 Å². The number of carbonyl (C=O) groups is 1. The molecule has 1 rings (SSSR count). The first-order valence-corrected chi connectivity index (χ1v) is 5.74. The lowest BCUT2D eigenvalue weighted by molar-refractivity contribution is -0.132. The van der Waals surface area contributed by atoms with Gasteiger partial charge in [0.1, 0.15) is 0 Å². The quantitative estimate of drug-likeness (QED) is 0.659. The second-order valence-corrected chi connectivity index (χ2v) is 4.11. The van der Waals surface area contributed by atoms with Crippen molar-refractivity contribution in [1.82, 2.24) is 10.2 Å². The Morgan fingerprint density at radius 3 is 3.00 bits per heavy atom. The number of ether oxygens (including phenoxy) is 1. The van der Waals surface area contributed by atoms with Crippen LogP contribution >= 0.6 is 0 Å². The SMILES string of the molecule is CNCCCN(C)C(=O)CC1CCCO1. The largest absolute Gasteiger partial charge is 0.378 e. The minimum absolute atomic E-state index is 0.171. The van der Waals surface area contributed by atoms with E-state index in [1.807, 2.05) is 14.1 Å². The van der Waals surface area contributed by atoms with Crippen molar-refractivity contribution in [2.24, 2.45) is 0 Å². The van der Waals surface area contributed by atoms with Gasteiger partial charge in [-0.15, -0.1) is 0 Å². The third kappa shape index (κ3) is 4.62. The van der Waals surface area contributed by atoms with Crippen LogP contribution in [0.25, 0.3) is 0 Å². The molecule has 0 spiro atoms. The lowest BCUT2D eigenvalue weighted by Crippen LogP contribution is -2.31. The van der Waals surface area contributed by atoms with Crippen LogP contribution in [0.15, 0.2) is 0 Å². The first-order chi connectivity index (χ1) is 7.24. The van der Waals surface area contributed by atoms with Gasteiger partial charge in [0.2, 0.25) is 5.91 Å². The summed E-state index contributed by atoms with van der Waals surface area (Å²) in [4.78, 5) is 13.5. The number of nitrogens with zero attached hydrogens (tertiary/aromatic N) is 1. The zero-order valence-electron chi connectivity index (χ0n) is 9.79. The molecule has 1 atom stereocenters. The molecule has 0 bridgehead atoms. The average Bonchev–Trinajstić information content (AvgIpc) is 2.70. The zero-order chi connectivity index (χ0) is 11.1. The van der Waals surface area contributed by atoms with E-state index in [2.05, 4.69) is 5.32 Å². The van der Waals surface area contributed by atoms with E-state index in [4.69, 9.17) is 4.74 Å². The Morgan fingerprint density at radius 2 is 2.40 bits per heavy atom. The fourth-order valence-corrected chi connectivity index (χ4v) is 1.77. The van der Waals surface area contributed by atoms with E-state index in [0.29, 0.717) is 6.42 Å². The summed E-state index contributed by atoms with van der Waals surface area (Å²) in [7, 11) is 3.79. The van der Waals surface area contributed by atoms with Gasteiger partial charge in [0, 0.05) is 20.2 Å². The van der Waals surface area contributed by atoms with Crippen molar-refractivity contribution < 1.29 is 9.53 Å². The summed E-state index contributed by atoms with van der Waals surface area (Å²) >= 11 is 0. The molecular weight excluding hydrogens is 192 g/mol. The van der Waals surface area contributed by atoms with Crippen molar-refractivity contribution in [2.45, 2.75) is 31.8 Å². The van der Waals surface area contributed by atoms with Crippen molar-refractivity contribution in [3.8, 4) is 0 Å². The van der Waals surface area contributed by atoms with E-state index < -0.39 is 0 Å². The van der Waals surface area contributed by atoms with Crippen molar-refractivity contribution in [1.29, 1.82) is 0 Å². The maximum atomic E-state index is 11.7. The van der Waals surface area contributed by atoms with Gasteiger partial charge in [-0.2, -0.15) is 0 Å². The predicted molar refractivity (Wildman–Crippen MR) is 59.8 cm³/mol. The molecule has 4 nitrogen and oxygen atoms in total.